The van der Waals surface area contributed by atoms with Gasteiger partial charge >= 0.3 is 0 Å². The number of nitrogens with one attached hydrogen (secondary N) is 3. The second-order valence-corrected chi connectivity index (χ2v) is 7.21. The third-order valence-corrected chi connectivity index (χ3v) is 5.28. The molecule has 1 atom stereocenters. The van der Waals surface area contributed by atoms with Crippen LogP contribution in [0, 0.1) is 11.3 Å². The minimum Gasteiger partial charge on any atom is -0.361 e. The van der Waals surface area contributed by atoms with Crippen molar-refractivity contribution in [3.63, 3.8) is 0 Å². The molecule has 1 aromatic heterocycles. The third-order valence-electron chi connectivity index (χ3n) is 4.18. The fourth-order valence-corrected chi connectivity index (χ4v) is 3.75. The quantitative estimate of drug-likeness (QED) is 0.514. The molecule has 7 heteroatoms. The van der Waals surface area contributed by atoms with Crippen molar-refractivity contribution in [2.24, 2.45) is 0 Å². The average Bonchev–Trinajstić information content (AvgIpc) is 3.19. The number of carbonyl (C=O) groups is 2. The smallest absolute Gasteiger partial charge is 0.251 e. The summed E-state index contributed by atoms with van der Waals surface area (Å²) >= 11 is 1.55. The Morgan fingerprint density at radius 2 is 1.96 bits per heavy atom. The van der Waals surface area contributed by atoms with Gasteiger partial charge in [-0.3, -0.25) is 9.59 Å². The number of thioether (sulfide) groups is 1. The molecule has 0 aliphatic carbocycles. The van der Waals surface area contributed by atoms with E-state index in [0.717, 1.165) is 22.2 Å². The van der Waals surface area contributed by atoms with Crippen LogP contribution in [-0.4, -0.2) is 35.1 Å². The van der Waals surface area contributed by atoms with Crippen LogP contribution in [0.3, 0.4) is 0 Å². The van der Waals surface area contributed by atoms with E-state index in [0.29, 0.717) is 11.3 Å². The molecule has 0 bridgehead atoms. The SMILES string of the molecule is N#CCNC(=O)[C@H](CSCc1ccccc1)NC(=O)c1ccc2[nH]ccc2c1. The summed E-state index contributed by atoms with van der Waals surface area (Å²) in [6.07, 6.45) is 1.81. The minimum absolute atomic E-state index is 0.0934. The highest BCUT2D eigenvalue weighted by Crippen LogP contribution is 2.16. The van der Waals surface area contributed by atoms with E-state index >= 15 is 0 Å². The van der Waals surface area contributed by atoms with Crippen molar-refractivity contribution in [3.05, 3.63) is 71.9 Å². The first kappa shape index (κ1) is 19.5. The third kappa shape index (κ3) is 5.15. The normalized spacial score (nSPS) is 11.5. The number of hydrogen-bond donors (Lipinski definition) is 3. The summed E-state index contributed by atoms with van der Waals surface area (Å²) in [5, 5.41) is 15.0. The molecule has 6 nitrogen and oxygen atoms in total. The number of nitrogens with zero attached hydrogens (tertiary/aromatic N) is 1. The van der Waals surface area contributed by atoms with E-state index in [-0.39, 0.29) is 18.4 Å². The van der Waals surface area contributed by atoms with E-state index in [4.69, 9.17) is 5.26 Å². The lowest BCUT2D eigenvalue weighted by molar-refractivity contribution is -0.122. The fourth-order valence-electron chi connectivity index (χ4n) is 2.74. The highest BCUT2D eigenvalue weighted by molar-refractivity contribution is 7.98. The van der Waals surface area contributed by atoms with E-state index < -0.39 is 6.04 Å². The standard InChI is InChI=1S/C21H20N4O2S/c22-9-11-24-21(27)19(14-28-13-15-4-2-1-3-5-15)25-20(26)17-6-7-18-16(12-17)8-10-23-18/h1-8,10,12,19,23H,11,13-14H2,(H,24,27)(H,25,26)/t19-/m0/s1. The molecule has 0 aliphatic rings. The monoisotopic (exact) mass is 392 g/mol. The van der Waals surface area contributed by atoms with E-state index in [1.54, 1.807) is 23.9 Å². The molecule has 3 N–H and O–H groups in total. The Hall–Kier alpha value is -3.24. The van der Waals surface area contributed by atoms with Crippen LogP contribution in [0.4, 0.5) is 0 Å². The summed E-state index contributed by atoms with van der Waals surface area (Å²) in [6.45, 7) is -0.0934. The highest BCUT2D eigenvalue weighted by atomic mass is 32.2. The van der Waals surface area contributed by atoms with Crippen LogP contribution in [0.15, 0.2) is 60.8 Å². The number of amides is 2. The van der Waals surface area contributed by atoms with Crippen LogP contribution in [0.1, 0.15) is 15.9 Å². The van der Waals surface area contributed by atoms with Gasteiger partial charge in [0.2, 0.25) is 5.91 Å². The fraction of sp³-hybridized carbons (Fsp3) is 0.190. The number of carbonyl (C=O) groups excluding carboxylic acids is 2. The van der Waals surface area contributed by atoms with Gasteiger partial charge in [0.1, 0.15) is 12.6 Å². The Labute approximate surface area is 167 Å². The Bertz CT molecular complexity index is 994. The molecule has 2 aromatic carbocycles. The molecule has 0 radical (unpaired) electrons. The average molecular weight is 392 g/mol. The molecule has 142 valence electrons. The molecule has 0 saturated heterocycles. The van der Waals surface area contributed by atoms with Crippen LogP contribution in [0.25, 0.3) is 10.9 Å². The van der Waals surface area contributed by atoms with Crippen molar-refractivity contribution in [2.45, 2.75) is 11.8 Å². The van der Waals surface area contributed by atoms with Gasteiger partial charge in [-0.05, 0) is 29.8 Å². The largest absolute Gasteiger partial charge is 0.361 e. The lowest BCUT2D eigenvalue weighted by Gasteiger charge is -2.17. The van der Waals surface area contributed by atoms with Gasteiger partial charge in [-0.2, -0.15) is 17.0 Å². The molecule has 0 saturated carbocycles. The predicted molar refractivity (Wildman–Crippen MR) is 111 cm³/mol. The van der Waals surface area contributed by atoms with E-state index in [1.165, 1.54) is 0 Å². The molecule has 0 unspecified atom stereocenters. The first-order valence-electron chi connectivity index (χ1n) is 8.81. The molecular weight excluding hydrogens is 372 g/mol. The Balaban J connectivity index is 1.65. The van der Waals surface area contributed by atoms with Crippen molar-refractivity contribution in [3.8, 4) is 6.07 Å². The minimum atomic E-state index is -0.725. The summed E-state index contributed by atoms with van der Waals surface area (Å²) in [6, 6.07) is 18.3. The molecule has 3 aromatic rings. The summed E-state index contributed by atoms with van der Waals surface area (Å²) < 4.78 is 0. The summed E-state index contributed by atoms with van der Waals surface area (Å²) in [7, 11) is 0. The second-order valence-electron chi connectivity index (χ2n) is 6.18. The van der Waals surface area contributed by atoms with Crippen LogP contribution in [0.2, 0.25) is 0 Å². The highest BCUT2D eigenvalue weighted by Gasteiger charge is 2.21. The van der Waals surface area contributed by atoms with E-state index in [9.17, 15) is 9.59 Å². The molecular formula is C21H20N4O2S. The second kappa shape index (κ2) is 9.62. The predicted octanol–water partition coefficient (Wildman–Crippen LogP) is 2.84. The maximum absolute atomic E-state index is 12.7. The Morgan fingerprint density at radius 3 is 2.75 bits per heavy atom. The number of aromatic amines is 1. The molecule has 1 heterocycles. The number of fused-ring (bicyclic) bond motifs is 1. The van der Waals surface area contributed by atoms with Gasteiger partial charge in [-0.1, -0.05) is 30.3 Å². The number of nitriles is 1. The zero-order chi connectivity index (χ0) is 19.8. The van der Waals surface area contributed by atoms with Crippen LogP contribution in [0.5, 0.6) is 0 Å². The number of benzene rings is 2. The van der Waals surface area contributed by atoms with Crippen molar-refractivity contribution in [2.75, 3.05) is 12.3 Å². The zero-order valence-corrected chi connectivity index (χ0v) is 16.0. The summed E-state index contributed by atoms with van der Waals surface area (Å²) in [5.74, 6) is 0.455. The number of H-pyrrole nitrogens is 1. The Kier molecular flexibility index (Phi) is 6.71. The summed E-state index contributed by atoms with van der Waals surface area (Å²) in [5.41, 5.74) is 2.57. The van der Waals surface area contributed by atoms with Gasteiger partial charge in [-0.15, -0.1) is 0 Å². The van der Waals surface area contributed by atoms with Crippen molar-refractivity contribution in [1.29, 1.82) is 5.26 Å². The molecule has 0 aliphatic heterocycles. The van der Waals surface area contributed by atoms with Crippen molar-refractivity contribution in [1.82, 2.24) is 15.6 Å². The zero-order valence-electron chi connectivity index (χ0n) is 15.1. The van der Waals surface area contributed by atoms with E-state index in [2.05, 4.69) is 15.6 Å². The van der Waals surface area contributed by atoms with E-state index in [1.807, 2.05) is 54.7 Å². The topological polar surface area (TPSA) is 97.8 Å². The molecule has 2 amide bonds. The first-order chi connectivity index (χ1) is 13.7. The first-order valence-corrected chi connectivity index (χ1v) is 9.97. The number of aromatic nitrogens is 1. The van der Waals surface area contributed by atoms with Crippen LogP contribution in [-0.2, 0) is 10.5 Å². The van der Waals surface area contributed by atoms with Gasteiger partial charge in [0, 0.05) is 34.2 Å². The molecule has 0 fully saturated rings. The van der Waals surface area contributed by atoms with Gasteiger partial charge < -0.3 is 15.6 Å². The maximum atomic E-state index is 12.7. The van der Waals surface area contributed by atoms with Gasteiger partial charge in [0.25, 0.3) is 5.91 Å². The van der Waals surface area contributed by atoms with Gasteiger partial charge in [0.05, 0.1) is 6.07 Å². The van der Waals surface area contributed by atoms with Crippen LogP contribution < -0.4 is 10.6 Å². The number of rotatable bonds is 8. The molecule has 3 rings (SSSR count). The maximum Gasteiger partial charge on any atom is 0.251 e. The Morgan fingerprint density at radius 1 is 1.14 bits per heavy atom. The molecule has 28 heavy (non-hydrogen) atoms. The lowest BCUT2D eigenvalue weighted by Crippen LogP contribution is -2.48. The molecule has 0 spiro atoms. The lowest BCUT2D eigenvalue weighted by atomic mass is 10.1. The summed E-state index contributed by atoms with van der Waals surface area (Å²) in [4.78, 5) is 28.1. The van der Waals surface area contributed by atoms with Crippen LogP contribution >= 0.6 is 11.8 Å². The van der Waals surface area contributed by atoms with Gasteiger partial charge in [0.15, 0.2) is 0 Å². The van der Waals surface area contributed by atoms with Crippen molar-refractivity contribution < 1.29 is 9.59 Å². The van der Waals surface area contributed by atoms with Gasteiger partial charge in [-0.25, -0.2) is 0 Å². The van der Waals surface area contributed by atoms with Crippen molar-refractivity contribution >= 4 is 34.5 Å². The number of hydrogen-bond acceptors (Lipinski definition) is 4.